The molecular weight excluding hydrogens is 533 g/mol. The van der Waals surface area contributed by atoms with Gasteiger partial charge in [0.2, 0.25) is 12.3 Å². The van der Waals surface area contributed by atoms with Crippen LogP contribution in [0.4, 0.5) is 10.1 Å². The van der Waals surface area contributed by atoms with Gasteiger partial charge in [-0.05, 0) is 75.4 Å². The summed E-state index contributed by atoms with van der Waals surface area (Å²) in [7, 11) is 5.34. The minimum atomic E-state index is -0.794. The highest BCUT2D eigenvalue weighted by molar-refractivity contribution is 6.41. The molecule has 1 heterocycles. The van der Waals surface area contributed by atoms with Gasteiger partial charge in [-0.25, -0.2) is 4.39 Å². The molecule has 1 aliphatic rings. The van der Waals surface area contributed by atoms with E-state index in [1.807, 2.05) is 52.9 Å². The second-order valence-electron chi connectivity index (χ2n) is 13.1. The van der Waals surface area contributed by atoms with Crippen LogP contribution in [0.5, 0.6) is 0 Å². The molecule has 1 atom stereocenters. The second kappa shape index (κ2) is 13.4. The number of rotatable bonds is 13. The number of nitrogens with one attached hydrogen (secondary N) is 2. The number of halogens is 1. The number of ether oxygens (including phenoxy) is 1. The van der Waals surface area contributed by atoms with Crippen molar-refractivity contribution in [1.82, 2.24) is 15.1 Å². The van der Waals surface area contributed by atoms with Crippen LogP contribution in [0, 0.1) is 12.7 Å². The van der Waals surface area contributed by atoms with Crippen LogP contribution in [0.1, 0.15) is 62.8 Å². The van der Waals surface area contributed by atoms with Crippen LogP contribution in [0.3, 0.4) is 0 Å². The van der Waals surface area contributed by atoms with E-state index in [2.05, 4.69) is 43.2 Å². The number of anilines is 1. The highest BCUT2D eigenvalue weighted by atomic mass is 19.1. The molecule has 0 bridgehead atoms. The number of likely N-dealkylation sites (N-methyl/N-ethyl adjacent to an activating group) is 1. The van der Waals surface area contributed by atoms with Gasteiger partial charge in [-0.2, -0.15) is 0 Å². The summed E-state index contributed by atoms with van der Waals surface area (Å²) in [5.74, 6) is -0.632. The Hall–Kier alpha value is -3.17. The van der Waals surface area contributed by atoms with Crippen LogP contribution >= 0.6 is 0 Å². The average molecular weight is 578 g/mol. The third kappa shape index (κ3) is 8.44. The maximum atomic E-state index is 15.7. The summed E-state index contributed by atoms with van der Waals surface area (Å²) in [6.07, 6.45) is 1.76. The molecule has 0 radical (unpaired) electrons. The van der Waals surface area contributed by atoms with Crippen molar-refractivity contribution < 1.29 is 23.5 Å². The van der Waals surface area contributed by atoms with Crippen molar-refractivity contribution in [2.45, 2.75) is 83.1 Å². The Morgan fingerprint density at radius 3 is 2.40 bits per heavy atom. The van der Waals surface area contributed by atoms with Gasteiger partial charge in [0.25, 0.3) is 0 Å². The van der Waals surface area contributed by atoms with E-state index in [1.54, 1.807) is 6.07 Å². The molecule has 3 rings (SSSR count). The van der Waals surface area contributed by atoms with Gasteiger partial charge in [0, 0.05) is 50.7 Å². The van der Waals surface area contributed by atoms with Crippen molar-refractivity contribution in [3.63, 3.8) is 0 Å². The highest BCUT2D eigenvalue weighted by Gasteiger charge is 2.38. The first-order chi connectivity index (χ1) is 19.6. The van der Waals surface area contributed by atoms with Crippen molar-refractivity contribution in [2.24, 2.45) is 0 Å². The van der Waals surface area contributed by atoms with Crippen LogP contribution in [-0.4, -0.2) is 81.5 Å². The van der Waals surface area contributed by atoms with Crippen LogP contribution in [-0.2, 0) is 37.5 Å². The highest BCUT2D eigenvalue weighted by Crippen LogP contribution is 2.31. The lowest BCUT2D eigenvalue weighted by molar-refractivity contribution is -0.182. The fourth-order valence-corrected chi connectivity index (χ4v) is 6.16. The van der Waals surface area contributed by atoms with E-state index in [9.17, 15) is 14.4 Å². The first-order valence-electron chi connectivity index (χ1n) is 14.6. The van der Waals surface area contributed by atoms with E-state index in [1.165, 1.54) is 11.9 Å². The number of carbonyl (C=O) groups is 3. The molecular formula is C31H45B2FN4O4. The number of benzene rings is 2. The van der Waals surface area contributed by atoms with Gasteiger partial charge >= 0.3 is 0 Å². The number of aldehydes is 1. The fourth-order valence-electron chi connectivity index (χ4n) is 6.16. The predicted molar refractivity (Wildman–Crippen MR) is 169 cm³/mol. The van der Waals surface area contributed by atoms with Gasteiger partial charge in [-0.15, -0.1) is 0 Å². The van der Waals surface area contributed by atoms with E-state index < -0.39 is 11.4 Å². The number of carbonyl (C=O) groups excluding carboxylic acids is 3. The van der Waals surface area contributed by atoms with Gasteiger partial charge in [-0.1, -0.05) is 24.3 Å². The van der Waals surface area contributed by atoms with Crippen molar-refractivity contribution in [2.75, 3.05) is 25.5 Å². The molecule has 0 aromatic heterocycles. The molecule has 226 valence electrons. The second-order valence-corrected chi connectivity index (χ2v) is 13.1. The van der Waals surface area contributed by atoms with Gasteiger partial charge in [0.05, 0.1) is 11.2 Å². The third-order valence-corrected chi connectivity index (χ3v) is 7.72. The molecule has 0 saturated carbocycles. The lowest BCUT2D eigenvalue weighted by atomic mass is 9.57. The number of hydrogen-bond donors (Lipinski definition) is 2. The average Bonchev–Trinajstić information content (AvgIpc) is 2.87. The van der Waals surface area contributed by atoms with Gasteiger partial charge in [0.15, 0.2) is 0 Å². The lowest BCUT2D eigenvalue weighted by Crippen LogP contribution is -2.56. The van der Waals surface area contributed by atoms with E-state index in [0.717, 1.165) is 41.8 Å². The number of hydrogen-bond acceptors (Lipinski definition) is 6. The smallest absolute Gasteiger partial charge is 0.242 e. The largest absolute Gasteiger partial charge is 0.391 e. The maximum absolute atomic E-state index is 15.7. The van der Waals surface area contributed by atoms with Crippen LogP contribution < -0.4 is 10.6 Å². The molecule has 42 heavy (non-hydrogen) atoms. The molecule has 11 heteroatoms. The number of morpholine rings is 1. The Morgan fingerprint density at radius 1 is 1.17 bits per heavy atom. The molecule has 0 spiro atoms. The Kier molecular flexibility index (Phi) is 10.7. The van der Waals surface area contributed by atoms with Gasteiger partial charge in [0.1, 0.15) is 33.8 Å². The standard InChI is InChI=1S/C31H45B2FN4O4/c1-21-9-7-10-26(23(21)17-38(20-40)27(11-8-14-39)28(41)35-6)36-31(32,33)24-13-12-22(15-25(24)34)16-37-18-29(2,3)42-30(4,5)19-37/h7,9-10,12-15,20,27,36H,8,11,16-19,32-33H2,1-6H3,(H,35,41). The first-order valence-corrected chi connectivity index (χ1v) is 14.6. The van der Waals surface area contributed by atoms with Crippen LogP contribution in [0.2, 0.25) is 0 Å². The molecule has 1 aliphatic heterocycles. The monoisotopic (exact) mass is 578 g/mol. The molecule has 1 unspecified atom stereocenters. The van der Waals surface area contributed by atoms with E-state index in [-0.39, 0.29) is 42.3 Å². The van der Waals surface area contributed by atoms with Crippen LogP contribution in [0.25, 0.3) is 0 Å². The van der Waals surface area contributed by atoms with E-state index >= 15 is 4.39 Å². The molecule has 2 aromatic rings. The molecule has 2 aromatic carbocycles. The minimum absolute atomic E-state index is 0.152. The van der Waals surface area contributed by atoms with E-state index in [4.69, 9.17) is 4.74 Å². The summed E-state index contributed by atoms with van der Waals surface area (Å²) in [6.45, 7) is 12.6. The summed E-state index contributed by atoms with van der Waals surface area (Å²) in [5.41, 5.74) is 3.31. The normalized spacial score (nSPS) is 17.2. The zero-order valence-electron chi connectivity index (χ0n) is 26.3. The summed E-state index contributed by atoms with van der Waals surface area (Å²) in [4.78, 5) is 39.4. The zero-order valence-corrected chi connectivity index (χ0v) is 26.3. The van der Waals surface area contributed by atoms with Gasteiger partial charge < -0.3 is 25.1 Å². The first kappa shape index (κ1) is 33.3. The quantitative estimate of drug-likeness (QED) is 0.280. The van der Waals surface area contributed by atoms with Crippen molar-refractivity contribution in [1.29, 1.82) is 0 Å². The van der Waals surface area contributed by atoms with Crippen molar-refractivity contribution in [3.8, 4) is 0 Å². The number of aryl methyl sites for hydroxylation is 1. The molecule has 0 aliphatic carbocycles. The molecule has 1 fully saturated rings. The summed E-state index contributed by atoms with van der Waals surface area (Å²) < 4.78 is 21.9. The van der Waals surface area contributed by atoms with Crippen LogP contribution in [0.15, 0.2) is 36.4 Å². The Bertz CT molecular complexity index is 1270. The summed E-state index contributed by atoms with van der Waals surface area (Å²) in [5, 5.41) is 5.29. The van der Waals surface area contributed by atoms with E-state index in [0.29, 0.717) is 18.5 Å². The number of amides is 2. The number of nitrogens with zero attached hydrogens (tertiary/aromatic N) is 2. The summed E-state index contributed by atoms with van der Waals surface area (Å²) >= 11 is 0. The molecule has 2 amide bonds. The minimum Gasteiger partial charge on any atom is -0.391 e. The Labute approximate surface area is 251 Å². The van der Waals surface area contributed by atoms with Gasteiger partial charge in [-0.3, -0.25) is 14.5 Å². The summed E-state index contributed by atoms with van der Waals surface area (Å²) in [6, 6.07) is 10.4. The third-order valence-electron chi connectivity index (χ3n) is 7.72. The SMILES string of the molecule is BC(B)(Nc1cccc(C)c1CN(C=O)C(CCC=O)C(=O)NC)c1ccc(CN2CC(C)(C)OC(C)(C)C2)cc1F. The maximum Gasteiger partial charge on any atom is 0.242 e. The fraction of sp³-hybridized carbons (Fsp3) is 0.516. The topological polar surface area (TPSA) is 91.0 Å². The van der Waals surface area contributed by atoms with Crippen molar-refractivity contribution in [3.05, 3.63) is 64.5 Å². The Morgan fingerprint density at radius 2 is 1.83 bits per heavy atom. The molecule has 1 saturated heterocycles. The van der Waals surface area contributed by atoms with Crippen molar-refractivity contribution >= 4 is 40.0 Å². The molecule has 2 N–H and O–H groups in total. The predicted octanol–water partition coefficient (Wildman–Crippen LogP) is 2.06. The molecule has 8 nitrogen and oxygen atoms in total. The zero-order chi connectivity index (χ0) is 31.3. The Balaban J connectivity index is 1.84. The lowest BCUT2D eigenvalue weighted by Gasteiger charge is -2.47.